The van der Waals surface area contributed by atoms with Crippen LogP contribution in [0, 0.1) is 12.7 Å². The summed E-state index contributed by atoms with van der Waals surface area (Å²) in [7, 11) is 0. The van der Waals surface area contributed by atoms with E-state index in [9.17, 15) is 9.18 Å². The maximum absolute atomic E-state index is 13.7. The van der Waals surface area contributed by atoms with E-state index in [0.717, 1.165) is 6.42 Å². The third-order valence-corrected chi connectivity index (χ3v) is 2.57. The Labute approximate surface area is 93.1 Å². The van der Waals surface area contributed by atoms with Gasteiger partial charge in [0.1, 0.15) is 0 Å². The normalized spacial score (nSPS) is 10.9. The number of hydrogen-bond acceptors (Lipinski definition) is 2. The minimum Gasteiger partial charge on any atom is -0.450 e. The summed E-state index contributed by atoms with van der Waals surface area (Å²) in [4.78, 5) is 11.6. The van der Waals surface area contributed by atoms with Crippen LogP contribution < -0.4 is 0 Å². The monoisotopic (exact) mass is 220 g/mol. The molecule has 0 N–H and O–H groups in total. The second-order valence-electron chi connectivity index (χ2n) is 3.90. The Kier molecular flexibility index (Phi) is 2.77. The van der Waals surface area contributed by atoms with Gasteiger partial charge in [-0.1, -0.05) is 19.1 Å². The van der Waals surface area contributed by atoms with Crippen LogP contribution in [0.1, 0.15) is 35.9 Å². The molecule has 3 heteroatoms. The number of halogens is 1. The van der Waals surface area contributed by atoms with E-state index in [1.54, 1.807) is 25.1 Å². The molecule has 0 unspecified atom stereocenters. The Balaban J connectivity index is 2.52. The summed E-state index contributed by atoms with van der Waals surface area (Å²) in [6, 6.07) is 5.05. The van der Waals surface area contributed by atoms with E-state index in [1.807, 2.05) is 6.92 Å². The first-order chi connectivity index (χ1) is 7.63. The van der Waals surface area contributed by atoms with Crippen LogP contribution >= 0.6 is 0 Å². The minimum absolute atomic E-state index is 0.0734. The zero-order valence-corrected chi connectivity index (χ0v) is 9.34. The van der Waals surface area contributed by atoms with Crippen LogP contribution in [-0.4, -0.2) is 5.78 Å². The second-order valence-corrected chi connectivity index (χ2v) is 3.90. The minimum atomic E-state index is -0.381. The Morgan fingerprint density at radius 1 is 1.44 bits per heavy atom. The molecule has 0 saturated carbocycles. The van der Waals surface area contributed by atoms with Gasteiger partial charge in [0, 0.05) is 11.8 Å². The van der Waals surface area contributed by atoms with Crippen molar-refractivity contribution in [3.05, 3.63) is 35.3 Å². The smallest absolute Gasteiger partial charge is 0.198 e. The molecule has 2 rings (SSSR count). The quantitative estimate of drug-likeness (QED) is 0.735. The maximum Gasteiger partial charge on any atom is 0.198 e. The van der Waals surface area contributed by atoms with Gasteiger partial charge in [0.25, 0.3) is 0 Å². The number of aryl methyl sites for hydroxylation is 1. The van der Waals surface area contributed by atoms with E-state index in [-0.39, 0.29) is 22.9 Å². The number of ketones is 1. The van der Waals surface area contributed by atoms with E-state index in [4.69, 9.17) is 4.42 Å². The van der Waals surface area contributed by atoms with Crippen LogP contribution in [0.3, 0.4) is 0 Å². The summed E-state index contributed by atoms with van der Waals surface area (Å²) in [5, 5.41) is 0.641. The number of furan rings is 1. The zero-order valence-electron chi connectivity index (χ0n) is 9.34. The fraction of sp³-hybridized carbons (Fsp3) is 0.308. The first-order valence-electron chi connectivity index (χ1n) is 5.35. The first-order valence-corrected chi connectivity index (χ1v) is 5.35. The summed E-state index contributed by atoms with van der Waals surface area (Å²) >= 11 is 0. The largest absolute Gasteiger partial charge is 0.450 e. The van der Waals surface area contributed by atoms with Crippen molar-refractivity contribution >= 4 is 16.8 Å². The molecule has 0 aliphatic heterocycles. The number of carbonyl (C=O) groups excluding carboxylic acids is 1. The molecule has 0 aliphatic carbocycles. The van der Waals surface area contributed by atoms with Gasteiger partial charge >= 0.3 is 0 Å². The van der Waals surface area contributed by atoms with Crippen molar-refractivity contribution in [1.29, 1.82) is 0 Å². The number of benzene rings is 1. The van der Waals surface area contributed by atoms with Crippen LogP contribution in [0.15, 0.2) is 22.6 Å². The molecule has 0 fully saturated rings. The molecule has 0 saturated heterocycles. The lowest BCUT2D eigenvalue weighted by molar-refractivity contribution is 0.0957. The lowest BCUT2D eigenvalue weighted by Crippen LogP contribution is -1.94. The maximum atomic E-state index is 13.7. The summed E-state index contributed by atoms with van der Waals surface area (Å²) < 4.78 is 18.9. The summed E-state index contributed by atoms with van der Waals surface area (Å²) in [5.41, 5.74) is 0.704. The molecule has 0 bridgehead atoms. The molecule has 0 atom stereocenters. The standard InChI is InChI=1S/C13H13FO2/c1-3-4-10(15)11-7-9-6-5-8(2)12(14)13(9)16-11/h5-7H,3-4H2,1-2H3. The van der Waals surface area contributed by atoms with E-state index < -0.39 is 0 Å². The second kappa shape index (κ2) is 4.08. The van der Waals surface area contributed by atoms with Crippen molar-refractivity contribution in [2.75, 3.05) is 0 Å². The SMILES string of the molecule is CCCC(=O)c1cc2ccc(C)c(F)c2o1. The number of rotatable bonds is 3. The molecule has 0 spiro atoms. The van der Waals surface area contributed by atoms with Crippen LogP contribution in [0.5, 0.6) is 0 Å². The highest BCUT2D eigenvalue weighted by atomic mass is 19.1. The molecule has 2 aromatic rings. The van der Waals surface area contributed by atoms with Crippen molar-refractivity contribution in [3.8, 4) is 0 Å². The molecule has 0 aliphatic rings. The summed E-state index contributed by atoms with van der Waals surface area (Å²) in [6.45, 7) is 3.59. The van der Waals surface area contributed by atoms with Gasteiger partial charge in [-0.15, -0.1) is 0 Å². The third kappa shape index (κ3) is 1.73. The van der Waals surface area contributed by atoms with Gasteiger partial charge in [0.05, 0.1) is 0 Å². The lowest BCUT2D eigenvalue weighted by Gasteiger charge is -1.95. The van der Waals surface area contributed by atoms with Gasteiger partial charge in [-0.3, -0.25) is 4.79 Å². The van der Waals surface area contributed by atoms with Gasteiger partial charge in [0.15, 0.2) is 22.9 Å². The molecule has 1 aromatic heterocycles. The fourth-order valence-electron chi connectivity index (χ4n) is 1.66. The van der Waals surface area contributed by atoms with E-state index >= 15 is 0 Å². The van der Waals surface area contributed by atoms with Gasteiger partial charge in [-0.05, 0) is 25.0 Å². The lowest BCUT2D eigenvalue weighted by atomic mass is 10.1. The molecule has 1 heterocycles. The molecule has 1 aromatic carbocycles. The van der Waals surface area contributed by atoms with Crippen LogP contribution in [0.4, 0.5) is 4.39 Å². The van der Waals surface area contributed by atoms with Crippen molar-refractivity contribution in [1.82, 2.24) is 0 Å². The average molecular weight is 220 g/mol. The molecular formula is C13H13FO2. The molecular weight excluding hydrogens is 207 g/mol. The van der Waals surface area contributed by atoms with E-state index in [0.29, 0.717) is 17.4 Å². The zero-order chi connectivity index (χ0) is 11.7. The van der Waals surface area contributed by atoms with Gasteiger partial charge < -0.3 is 4.42 Å². The van der Waals surface area contributed by atoms with Crippen LogP contribution in [0.25, 0.3) is 11.0 Å². The van der Waals surface area contributed by atoms with Gasteiger partial charge in [0.2, 0.25) is 0 Å². The molecule has 0 amide bonds. The molecule has 16 heavy (non-hydrogen) atoms. The number of carbonyl (C=O) groups is 1. The van der Waals surface area contributed by atoms with E-state index in [1.165, 1.54) is 0 Å². The van der Waals surface area contributed by atoms with Crippen LogP contribution in [0.2, 0.25) is 0 Å². The predicted molar refractivity (Wildman–Crippen MR) is 60.1 cm³/mol. The van der Waals surface area contributed by atoms with Crippen molar-refractivity contribution in [2.24, 2.45) is 0 Å². The predicted octanol–water partition coefficient (Wildman–Crippen LogP) is 3.86. The highest BCUT2D eigenvalue weighted by molar-refractivity contribution is 5.97. The number of Topliss-reactive ketones (excluding diaryl/α,β-unsaturated/α-hetero) is 1. The highest BCUT2D eigenvalue weighted by Crippen LogP contribution is 2.25. The molecule has 2 nitrogen and oxygen atoms in total. The van der Waals surface area contributed by atoms with Gasteiger partial charge in [-0.25, -0.2) is 4.39 Å². The first kappa shape index (κ1) is 10.9. The Morgan fingerprint density at radius 2 is 2.19 bits per heavy atom. The van der Waals surface area contributed by atoms with Crippen molar-refractivity contribution in [2.45, 2.75) is 26.7 Å². The van der Waals surface area contributed by atoms with Crippen molar-refractivity contribution in [3.63, 3.8) is 0 Å². The van der Waals surface area contributed by atoms with Crippen LogP contribution in [-0.2, 0) is 0 Å². The number of fused-ring (bicyclic) bond motifs is 1. The third-order valence-electron chi connectivity index (χ3n) is 2.57. The van der Waals surface area contributed by atoms with Crippen molar-refractivity contribution < 1.29 is 13.6 Å². The Bertz CT molecular complexity index is 540. The highest BCUT2D eigenvalue weighted by Gasteiger charge is 2.14. The topological polar surface area (TPSA) is 30.2 Å². The summed E-state index contributed by atoms with van der Waals surface area (Å²) in [5.74, 6) is -0.204. The Hall–Kier alpha value is -1.64. The van der Waals surface area contributed by atoms with E-state index in [2.05, 4.69) is 0 Å². The summed E-state index contributed by atoms with van der Waals surface area (Å²) in [6.07, 6.45) is 1.19. The molecule has 84 valence electrons. The number of hydrogen-bond donors (Lipinski definition) is 0. The Morgan fingerprint density at radius 3 is 2.88 bits per heavy atom. The average Bonchev–Trinajstić information content (AvgIpc) is 2.69. The fourth-order valence-corrected chi connectivity index (χ4v) is 1.66. The van der Waals surface area contributed by atoms with Gasteiger partial charge in [-0.2, -0.15) is 0 Å². The molecule has 0 radical (unpaired) electrons.